The van der Waals surface area contributed by atoms with Gasteiger partial charge in [-0.3, -0.25) is 0 Å². The van der Waals surface area contributed by atoms with Gasteiger partial charge in [0, 0.05) is 0 Å². The van der Waals surface area contributed by atoms with Crippen molar-refractivity contribution < 1.29 is 8.42 Å². The van der Waals surface area contributed by atoms with Crippen LogP contribution >= 0.6 is 0 Å². The van der Waals surface area contributed by atoms with Gasteiger partial charge in [0.1, 0.15) is 5.52 Å². The van der Waals surface area contributed by atoms with Crippen LogP contribution in [0.25, 0.3) is 11.0 Å². The Hall–Kier alpha value is -2.21. The second kappa shape index (κ2) is 4.66. The molecule has 0 aliphatic rings. The maximum Gasteiger partial charge on any atom is 0.203 e. The van der Waals surface area contributed by atoms with Crippen LogP contribution in [0.5, 0.6) is 0 Å². The highest BCUT2D eigenvalue weighted by Crippen LogP contribution is 2.31. The lowest BCUT2D eigenvalue weighted by Gasteiger charge is -2.25. The minimum Gasteiger partial charge on any atom is -0.224 e. The van der Waals surface area contributed by atoms with E-state index in [2.05, 4.69) is 10.3 Å². The van der Waals surface area contributed by atoms with Crippen LogP contribution in [0, 0.1) is 0 Å². The van der Waals surface area contributed by atoms with E-state index in [-0.39, 0.29) is 4.90 Å². The van der Waals surface area contributed by atoms with Crippen molar-refractivity contribution in [2.75, 3.05) is 0 Å². The topological polar surface area (TPSA) is 64.8 Å². The average molecular weight is 301 g/mol. The van der Waals surface area contributed by atoms with Crippen LogP contribution in [0.4, 0.5) is 0 Å². The molecule has 6 heteroatoms. The maximum absolute atomic E-state index is 12.9. The van der Waals surface area contributed by atoms with Crippen molar-refractivity contribution in [2.24, 2.45) is 0 Å². The predicted molar refractivity (Wildman–Crippen MR) is 80.5 cm³/mol. The zero-order valence-corrected chi connectivity index (χ0v) is 12.6. The number of hydrogen-bond donors (Lipinski definition) is 0. The summed E-state index contributed by atoms with van der Waals surface area (Å²) in [6, 6.07) is 15.7. The molecule has 0 fully saturated rings. The molecule has 0 saturated carbocycles. The standard InChI is InChI=1S/C15H15N3O2S/c1-15(2,21(19,20)12-8-4-3-5-9-12)18-14-11-7-6-10-13(14)16-17-18/h3-11H,1-2H3. The SMILES string of the molecule is CC(C)(n1nnc2ccccc21)S(=O)(=O)c1ccccc1. The third-order valence-corrected chi connectivity index (χ3v) is 5.95. The highest BCUT2D eigenvalue weighted by atomic mass is 32.2. The first-order valence-electron chi connectivity index (χ1n) is 6.55. The summed E-state index contributed by atoms with van der Waals surface area (Å²) in [5, 5.41) is 8.09. The largest absolute Gasteiger partial charge is 0.224 e. The molecule has 2 aromatic carbocycles. The number of nitrogens with zero attached hydrogens (tertiary/aromatic N) is 3. The predicted octanol–water partition coefficient (Wildman–Crippen LogP) is 2.60. The monoisotopic (exact) mass is 301 g/mol. The molecule has 21 heavy (non-hydrogen) atoms. The van der Waals surface area contributed by atoms with Crippen molar-refractivity contribution in [3.8, 4) is 0 Å². The summed E-state index contributed by atoms with van der Waals surface area (Å²) in [4.78, 5) is -0.959. The second-order valence-electron chi connectivity index (χ2n) is 5.25. The van der Waals surface area contributed by atoms with Gasteiger partial charge in [-0.25, -0.2) is 13.1 Å². The zero-order valence-electron chi connectivity index (χ0n) is 11.8. The molecule has 0 aliphatic carbocycles. The lowest BCUT2D eigenvalue weighted by Crippen LogP contribution is -2.36. The Morgan fingerprint density at radius 3 is 2.29 bits per heavy atom. The number of aromatic nitrogens is 3. The van der Waals surface area contributed by atoms with Crippen LogP contribution < -0.4 is 0 Å². The van der Waals surface area contributed by atoms with Crippen molar-refractivity contribution in [2.45, 2.75) is 23.6 Å². The Balaban J connectivity index is 2.21. The van der Waals surface area contributed by atoms with Crippen molar-refractivity contribution >= 4 is 20.9 Å². The summed E-state index contributed by atoms with van der Waals surface area (Å²) in [5.41, 5.74) is 1.37. The quantitative estimate of drug-likeness (QED) is 0.746. The van der Waals surface area contributed by atoms with Crippen LogP contribution in [-0.2, 0) is 14.7 Å². The smallest absolute Gasteiger partial charge is 0.203 e. The Kier molecular flexibility index (Phi) is 3.06. The van der Waals surface area contributed by atoms with Gasteiger partial charge >= 0.3 is 0 Å². The number of benzene rings is 2. The number of para-hydroxylation sites is 1. The van der Waals surface area contributed by atoms with Crippen molar-refractivity contribution in [1.82, 2.24) is 15.0 Å². The van der Waals surface area contributed by atoms with Crippen LogP contribution in [0.2, 0.25) is 0 Å². The summed E-state index contributed by atoms with van der Waals surface area (Å²) in [7, 11) is -3.59. The third-order valence-electron chi connectivity index (χ3n) is 3.57. The molecule has 0 bridgehead atoms. The number of sulfone groups is 1. The highest BCUT2D eigenvalue weighted by Gasteiger charge is 2.39. The molecule has 0 saturated heterocycles. The minimum atomic E-state index is -3.59. The van der Waals surface area contributed by atoms with Crippen LogP contribution in [0.15, 0.2) is 59.5 Å². The van der Waals surface area contributed by atoms with E-state index in [1.54, 1.807) is 44.2 Å². The molecule has 0 radical (unpaired) electrons. The number of rotatable bonds is 3. The van der Waals surface area contributed by atoms with Crippen LogP contribution in [-0.4, -0.2) is 23.4 Å². The molecule has 3 rings (SSSR count). The molecule has 5 nitrogen and oxygen atoms in total. The number of fused-ring (bicyclic) bond motifs is 1. The molecular formula is C15H15N3O2S. The third kappa shape index (κ3) is 2.03. The summed E-state index contributed by atoms with van der Waals surface area (Å²) in [6.45, 7) is 3.27. The van der Waals surface area contributed by atoms with E-state index in [4.69, 9.17) is 0 Å². The van der Waals surface area contributed by atoms with Gasteiger partial charge in [-0.15, -0.1) is 5.10 Å². The van der Waals surface area contributed by atoms with Crippen molar-refractivity contribution in [3.63, 3.8) is 0 Å². The van der Waals surface area contributed by atoms with Crippen LogP contribution in [0.1, 0.15) is 13.8 Å². The molecule has 0 amide bonds. The van der Waals surface area contributed by atoms with E-state index in [0.29, 0.717) is 11.0 Å². The molecular weight excluding hydrogens is 286 g/mol. The molecule has 1 aromatic heterocycles. The van der Waals surface area contributed by atoms with Gasteiger partial charge in [-0.1, -0.05) is 35.5 Å². The van der Waals surface area contributed by atoms with E-state index in [1.807, 2.05) is 24.3 Å². The average Bonchev–Trinajstić information content (AvgIpc) is 2.92. The van der Waals surface area contributed by atoms with Crippen molar-refractivity contribution in [1.29, 1.82) is 0 Å². The van der Waals surface area contributed by atoms with Gasteiger partial charge in [0.2, 0.25) is 9.84 Å². The lowest BCUT2D eigenvalue weighted by atomic mass is 10.3. The van der Waals surface area contributed by atoms with Crippen molar-refractivity contribution in [3.05, 3.63) is 54.6 Å². The molecule has 0 atom stereocenters. The first-order valence-corrected chi connectivity index (χ1v) is 8.03. The van der Waals surface area contributed by atoms with E-state index in [9.17, 15) is 8.42 Å². The fourth-order valence-corrected chi connectivity index (χ4v) is 3.72. The Labute approximate surface area is 123 Å². The van der Waals surface area contributed by atoms with E-state index < -0.39 is 14.7 Å². The molecule has 1 heterocycles. The Bertz CT molecular complexity index is 883. The van der Waals surface area contributed by atoms with E-state index in [1.165, 1.54) is 4.68 Å². The van der Waals surface area contributed by atoms with Gasteiger partial charge < -0.3 is 0 Å². The molecule has 0 N–H and O–H groups in total. The van der Waals surface area contributed by atoms with E-state index in [0.717, 1.165) is 0 Å². The lowest BCUT2D eigenvalue weighted by molar-refractivity contribution is 0.430. The normalized spacial score (nSPS) is 12.7. The zero-order chi connectivity index (χ0) is 15.1. The maximum atomic E-state index is 12.9. The molecule has 0 unspecified atom stereocenters. The Morgan fingerprint density at radius 1 is 0.952 bits per heavy atom. The highest BCUT2D eigenvalue weighted by molar-refractivity contribution is 7.92. The van der Waals surface area contributed by atoms with Crippen LogP contribution in [0.3, 0.4) is 0 Å². The van der Waals surface area contributed by atoms with Gasteiger partial charge in [0.05, 0.1) is 10.4 Å². The van der Waals surface area contributed by atoms with Gasteiger partial charge in [-0.2, -0.15) is 0 Å². The first kappa shape index (κ1) is 13.8. The number of hydrogen-bond acceptors (Lipinski definition) is 4. The summed E-state index contributed by atoms with van der Waals surface area (Å²) in [6.07, 6.45) is 0. The minimum absolute atomic E-state index is 0.273. The fraction of sp³-hybridized carbons (Fsp3) is 0.200. The first-order chi connectivity index (χ1) is 9.94. The Morgan fingerprint density at radius 2 is 1.57 bits per heavy atom. The second-order valence-corrected chi connectivity index (χ2v) is 7.73. The fourth-order valence-electron chi connectivity index (χ4n) is 2.27. The summed E-state index contributed by atoms with van der Waals surface area (Å²) in [5.74, 6) is 0. The van der Waals surface area contributed by atoms with Gasteiger partial charge in [0.25, 0.3) is 0 Å². The summed E-state index contributed by atoms with van der Waals surface area (Å²) < 4.78 is 27.3. The van der Waals surface area contributed by atoms with Gasteiger partial charge in [0.15, 0.2) is 4.87 Å². The summed E-state index contributed by atoms with van der Waals surface area (Å²) >= 11 is 0. The molecule has 0 spiro atoms. The van der Waals surface area contributed by atoms with Gasteiger partial charge in [-0.05, 0) is 38.1 Å². The molecule has 0 aliphatic heterocycles. The van der Waals surface area contributed by atoms with E-state index >= 15 is 0 Å². The molecule has 108 valence electrons. The molecule has 3 aromatic rings.